The predicted molar refractivity (Wildman–Crippen MR) is 358 cm³/mol. The number of carbonyl (C=O) groups excluding carboxylic acids is 5. The Labute approximate surface area is 566 Å². The molecule has 2 fully saturated rings. The van der Waals surface area contributed by atoms with Crippen molar-refractivity contribution in [1.29, 1.82) is 0 Å². The highest BCUT2D eigenvalue weighted by Crippen LogP contribution is 2.42. The fourth-order valence-electron chi connectivity index (χ4n) is 11.0. The Bertz CT molecular complexity index is 3610. The number of nitrogens with zero attached hydrogens (tertiary/aromatic N) is 5. The van der Waals surface area contributed by atoms with Crippen LogP contribution in [-0.2, 0) is 81.3 Å². The normalized spacial score (nSPS) is 14.8. The number of hydrogen-bond donors (Lipinski definition) is 5. The van der Waals surface area contributed by atoms with Gasteiger partial charge >= 0.3 is 6.03 Å². The largest absolute Gasteiger partial charge is 0.508 e. The van der Waals surface area contributed by atoms with E-state index in [2.05, 4.69) is 32.8 Å². The molecule has 6 amide bonds. The number of ether oxygens (including phenoxy) is 10. The van der Waals surface area contributed by atoms with E-state index in [0.717, 1.165) is 22.1 Å². The lowest BCUT2D eigenvalue weighted by Crippen LogP contribution is -2.52. The van der Waals surface area contributed by atoms with Crippen molar-refractivity contribution in [2.45, 2.75) is 38.4 Å². The van der Waals surface area contributed by atoms with Crippen molar-refractivity contribution in [2.24, 2.45) is 0 Å². The maximum Gasteiger partial charge on any atom is 0.319 e. The number of piperazine rings is 1. The number of aromatic nitrogens is 2. The Morgan fingerprint density at radius 2 is 1.26 bits per heavy atom. The zero-order valence-corrected chi connectivity index (χ0v) is 55.0. The summed E-state index contributed by atoms with van der Waals surface area (Å²) in [4.78, 5) is 76.7. The third-order valence-corrected chi connectivity index (χ3v) is 16.2. The number of carbonyl (C=O) groups is 5. The molecule has 1 unspecified atom stereocenters. The van der Waals surface area contributed by atoms with E-state index < -0.39 is 23.8 Å². The van der Waals surface area contributed by atoms with Gasteiger partial charge in [0.25, 0.3) is 5.91 Å². The minimum atomic E-state index is -0.697. The average Bonchev–Trinajstić information content (AvgIpc) is 1.25. The van der Waals surface area contributed by atoms with Gasteiger partial charge in [0.1, 0.15) is 23.1 Å². The highest BCUT2D eigenvalue weighted by molar-refractivity contribution is 6.35. The Balaban J connectivity index is 0.520. The molecule has 6 aromatic rings. The first-order valence-electron chi connectivity index (χ1n) is 32.0. The Morgan fingerprint density at radius 1 is 0.667 bits per heavy atom. The maximum absolute atomic E-state index is 16.9. The van der Waals surface area contributed by atoms with Gasteiger partial charge < -0.3 is 83.1 Å². The number of imide groups is 1. The molecule has 2 saturated heterocycles. The number of anilines is 3. The van der Waals surface area contributed by atoms with E-state index in [1.807, 2.05) is 47.4 Å². The van der Waals surface area contributed by atoms with E-state index >= 15 is 4.39 Å². The Hall–Kier alpha value is -7.70. The summed E-state index contributed by atoms with van der Waals surface area (Å²) in [6, 6.07) is 21.6. The summed E-state index contributed by atoms with van der Waals surface area (Å²) in [5.41, 5.74) is 4.04. The van der Waals surface area contributed by atoms with Crippen molar-refractivity contribution >= 4 is 92.0 Å². The number of nitrogens with one attached hydrogen (secondary N) is 4. The molecule has 9 rings (SSSR count). The quantitative estimate of drug-likeness (QED) is 0.0143. The summed E-state index contributed by atoms with van der Waals surface area (Å²) in [6.45, 7) is 14.2. The second-order valence-corrected chi connectivity index (χ2v) is 23.2. The molecular weight excluding hydrogens is 1290 g/mol. The van der Waals surface area contributed by atoms with E-state index in [1.54, 1.807) is 35.2 Å². The number of phenolic OH excluding ortho intramolecular Hbond substituents is 1. The monoisotopic (exact) mass is 1370 g/mol. The first-order chi connectivity index (χ1) is 46.8. The van der Waals surface area contributed by atoms with E-state index in [9.17, 15) is 29.1 Å². The van der Waals surface area contributed by atoms with Gasteiger partial charge in [0.2, 0.25) is 23.7 Å². The van der Waals surface area contributed by atoms with E-state index in [0.29, 0.717) is 210 Å². The van der Waals surface area contributed by atoms with Gasteiger partial charge in [0.15, 0.2) is 5.82 Å². The summed E-state index contributed by atoms with van der Waals surface area (Å²) >= 11 is 13.2. The first kappa shape index (κ1) is 72.6. The molecule has 0 radical (unpaired) electrons. The second kappa shape index (κ2) is 38.3. The van der Waals surface area contributed by atoms with Crippen molar-refractivity contribution in [1.82, 2.24) is 30.4 Å². The number of halogens is 3. The number of hydrogen-bond acceptors (Lipinski definition) is 20. The SMILES string of the molecule is C=CC(=O)N1CCN(c2nc(NCCOCCOCCOCCOCCOCCOCCOCCOCCOCCOCCc3cc(Cl)cc(NC(=O)NCc4ccc5c(c4)CN(C4CCC(=O)NC4=O)C5=O)c3)nc3c(F)c(-c4cc(O)cc5ccccc45)c(Cl)cc23)CC1. The number of amides is 6. The third kappa shape index (κ3) is 21.7. The number of urea groups is 1. The molecule has 0 aliphatic carbocycles. The molecule has 516 valence electrons. The van der Waals surface area contributed by atoms with Crippen LogP contribution in [0.15, 0.2) is 91.5 Å². The topological polar surface area (TPSA) is 282 Å². The number of rotatable bonds is 41. The van der Waals surface area contributed by atoms with Crippen LogP contribution in [0.4, 0.5) is 26.6 Å². The van der Waals surface area contributed by atoms with Gasteiger partial charge in [-0.05, 0) is 94.4 Å². The Morgan fingerprint density at radius 3 is 1.86 bits per heavy atom. The molecule has 28 heteroatoms. The molecule has 96 heavy (non-hydrogen) atoms. The molecule has 1 aromatic heterocycles. The van der Waals surface area contributed by atoms with Gasteiger partial charge in [-0.15, -0.1) is 0 Å². The fraction of sp³-hybridized carbons (Fsp3) is 0.456. The summed E-state index contributed by atoms with van der Waals surface area (Å²) in [5.74, 6) is -1.24. The van der Waals surface area contributed by atoms with E-state index in [4.69, 9.17) is 75.6 Å². The highest BCUT2D eigenvalue weighted by atomic mass is 35.5. The molecule has 3 aliphatic heterocycles. The first-order valence-corrected chi connectivity index (χ1v) is 32.8. The van der Waals surface area contributed by atoms with Gasteiger partial charge in [0, 0.05) is 79.5 Å². The molecule has 5 aromatic carbocycles. The van der Waals surface area contributed by atoms with Crippen molar-refractivity contribution in [3.63, 3.8) is 0 Å². The zero-order valence-electron chi connectivity index (χ0n) is 53.5. The molecule has 1 atom stereocenters. The van der Waals surface area contributed by atoms with Crippen LogP contribution in [-0.4, -0.2) is 225 Å². The molecule has 4 heterocycles. The van der Waals surface area contributed by atoms with Gasteiger partial charge in [0.05, 0.1) is 137 Å². The van der Waals surface area contributed by atoms with Gasteiger partial charge in [-0.25, -0.2) is 14.2 Å². The van der Waals surface area contributed by atoms with Crippen molar-refractivity contribution < 1.29 is 80.8 Å². The van der Waals surface area contributed by atoms with Crippen molar-refractivity contribution in [3.8, 4) is 16.9 Å². The van der Waals surface area contributed by atoms with E-state index in [-0.39, 0.29) is 71.5 Å². The number of aromatic hydroxyl groups is 1. The third-order valence-electron chi connectivity index (χ3n) is 15.7. The van der Waals surface area contributed by atoms with Crippen LogP contribution in [0, 0.1) is 5.82 Å². The lowest BCUT2D eigenvalue weighted by atomic mass is 9.96. The van der Waals surface area contributed by atoms with Crippen LogP contribution in [0.2, 0.25) is 10.0 Å². The van der Waals surface area contributed by atoms with Crippen LogP contribution in [0.3, 0.4) is 0 Å². The zero-order chi connectivity index (χ0) is 67.4. The van der Waals surface area contributed by atoms with Crippen molar-refractivity contribution in [3.05, 3.63) is 130 Å². The lowest BCUT2D eigenvalue weighted by molar-refractivity contribution is -0.137. The van der Waals surface area contributed by atoms with Crippen LogP contribution in [0.5, 0.6) is 5.75 Å². The number of benzene rings is 5. The molecule has 0 saturated carbocycles. The van der Waals surface area contributed by atoms with E-state index in [1.165, 1.54) is 17.0 Å². The molecule has 5 N–H and O–H groups in total. The van der Waals surface area contributed by atoms with Crippen molar-refractivity contribution in [2.75, 3.05) is 180 Å². The number of phenols is 1. The standard InChI is InChI=1S/C68H82Cl2FN9O16/c1-2-60(83)78-13-15-79(16-14-78)64-56-43-57(70)61(55-42-52(81)40-48-5-3-4-6-53(48)55)62(71)63(56)76-67(77-64)72-12-18-88-20-22-90-24-26-92-28-30-94-32-34-96-36-35-95-33-31-93-29-27-91-25-23-89-21-19-87-17-11-46-38-50(69)41-51(39-46)74-68(86)73-44-47-7-8-54-49(37-47)45-80(66(54)85)58-9-10-59(82)75-65(58)84/h2-8,37-43,58,81H,1,9-36,44-45H2,(H,72,76,77)(H2,73,74,86)(H,75,82,84). The second-order valence-electron chi connectivity index (χ2n) is 22.4. The molecular formula is C68H82Cl2FN9O16. The summed E-state index contributed by atoms with van der Waals surface area (Å²) in [7, 11) is 0. The summed E-state index contributed by atoms with van der Waals surface area (Å²) < 4.78 is 73.1. The van der Waals surface area contributed by atoms with Crippen LogP contribution >= 0.6 is 23.2 Å². The highest BCUT2D eigenvalue weighted by Gasteiger charge is 2.39. The maximum atomic E-state index is 16.9. The van der Waals surface area contributed by atoms with Gasteiger partial charge in [-0.1, -0.05) is 66.2 Å². The van der Waals surface area contributed by atoms with Crippen LogP contribution in [0.1, 0.15) is 39.9 Å². The minimum Gasteiger partial charge on any atom is -0.508 e. The summed E-state index contributed by atoms with van der Waals surface area (Å²) in [6.07, 6.45) is 2.32. The average molecular weight is 1370 g/mol. The Kier molecular flexibility index (Phi) is 28.9. The van der Waals surface area contributed by atoms with Crippen LogP contribution in [0.25, 0.3) is 32.8 Å². The number of piperidine rings is 1. The molecule has 0 bridgehead atoms. The minimum absolute atomic E-state index is 0.0259. The fourth-order valence-corrected chi connectivity index (χ4v) is 11.5. The number of fused-ring (bicyclic) bond motifs is 3. The molecule has 25 nitrogen and oxygen atoms in total. The summed E-state index contributed by atoms with van der Waals surface area (Å²) in [5, 5.41) is 24.2. The lowest BCUT2D eigenvalue weighted by Gasteiger charge is -2.35. The molecule has 0 spiro atoms. The van der Waals surface area contributed by atoms with Crippen LogP contribution < -0.4 is 26.2 Å². The van der Waals surface area contributed by atoms with Gasteiger partial charge in [-0.2, -0.15) is 4.98 Å². The smallest absolute Gasteiger partial charge is 0.319 e. The predicted octanol–water partition coefficient (Wildman–Crippen LogP) is 7.34. The molecule has 3 aliphatic rings. The van der Waals surface area contributed by atoms with Gasteiger partial charge in [-0.3, -0.25) is 24.5 Å².